The van der Waals surface area contributed by atoms with Crippen LogP contribution in [-0.4, -0.2) is 5.78 Å². The molecule has 0 saturated heterocycles. The predicted molar refractivity (Wildman–Crippen MR) is 50.8 cm³/mol. The van der Waals surface area contributed by atoms with Crippen LogP contribution in [0, 0.1) is 0 Å². The molecule has 3 heteroatoms. The first kappa shape index (κ1) is 9.07. The van der Waals surface area contributed by atoms with E-state index >= 15 is 0 Å². The molecule has 0 aromatic heterocycles. The summed E-state index contributed by atoms with van der Waals surface area (Å²) in [5.41, 5.74) is 8.19. The quantitative estimate of drug-likeness (QED) is 0.624. The summed E-state index contributed by atoms with van der Waals surface area (Å²) >= 11 is 0. The first-order valence-corrected chi connectivity index (χ1v) is 3.69. The minimum Gasteiger partial charge on any atom is -0.399 e. The monoisotopic (exact) mass is 183 g/mol. The zero-order chi connectivity index (χ0) is 7.84. The van der Waals surface area contributed by atoms with E-state index in [1.807, 2.05) is 12.1 Å². The molecule has 0 amide bonds. The average molecular weight is 184 g/mol. The Hall–Kier alpha value is -1.02. The number of carbonyl (C=O) groups is 1. The Morgan fingerprint density at radius 2 is 2.00 bits per heavy atom. The van der Waals surface area contributed by atoms with Gasteiger partial charge >= 0.3 is 0 Å². The Bertz CT molecular complexity index is 322. The number of nitrogens with two attached hydrogens (primary N) is 1. The van der Waals surface area contributed by atoms with Crippen molar-refractivity contribution in [3.63, 3.8) is 0 Å². The molecule has 0 radical (unpaired) electrons. The van der Waals surface area contributed by atoms with Gasteiger partial charge in [0.2, 0.25) is 0 Å². The van der Waals surface area contributed by atoms with Gasteiger partial charge in [-0.3, -0.25) is 4.79 Å². The fourth-order valence-electron chi connectivity index (χ4n) is 1.45. The molecule has 0 saturated carbocycles. The van der Waals surface area contributed by atoms with Gasteiger partial charge in [-0.2, -0.15) is 0 Å². The van der Waals surface area contributed by atoms with Gasteiger partial charge in [-0.15, -0.1) is 12.4 Å². The largest absolute Gasteiger partial charge is 0.399 e. The molecule has 2 N–H and O–H groups in total. The van der Waals surface area contributed by atoms with Gasteiger partial charge in [-0.1, -0.05) is 6.07 Å². The summed E-state index contributed by atoms with van der Waals surface area (Å²) in [7, 11) is 0. The van der Waals surface area contributed by atoms with Crippen LogP contribution in [0.4, 0.5) is 5.69 Å². The summed E-state index contributed by atoms with van der Waals surface area (Å²) in [5.74, 6) is 0.229. The number of nitrogen functional groups attached to an aromatic ring is 1. The van der Waals surface area contributed by atoms with E-state index < -0.39 is 0 Å². The molecule has 2 nitrogen and oxygen atoms in total. The fraction of sp³-hybridized carbons (Fsp3) is 0.222. The maximum absolute atomic E-state index is 11.2. The lowest BCUT2D eigenvalue weighted by Gasteiger charge is -1.97. The molecule has 0 bridgehead atoms. The number of carbonyl (C=O) groups excluding carboxylic acids is 1. The van der Waals surface area contributed by atoms with E-state index in [0.29, 0.717) is 12.1 Å². The molecule has 1 aromatic rings. The molecule has 1 aromatic carbocycles. The zero-order valence-electron chi connectivity index (χ0n) is 6.54. The Balaban J connectivity index is 0.000000720. The number of benzene rings is 1. The molecule has 2 rings (SSSR count). The molecule has 0 fully saturated rings. The molecule has 0 atom stereocenters. The van der Waals surface area contributed by atoms with Gasteiger partial charge in [0.05, 0.1) is 0 Å². The van der Waals surface area contributed by atoms with Gasteiger partial charge in [-0.05, 0) is 24.1 Å². The number of hydrogen-bond donors (Lipinski definition) is 1. The normalized spacial score (nSPS) is 13.8. The van der Waals surface area contributed by atoms with E-state index in [4.69, 9.17) is 5.73 Å². The maximum Gasteiger partial charge on any atom is 0.163 e. The molecule has 64 valence electrons. The Labute approximate surface area is 77.2 Å². The number of Topliss-reactive ketones (excluding diaryl/α,β-unsaturated/α-hetero) is 1. The summed E-state index contributed by atoms with van der Waals surface area (Å²) in [5, 5.41) is 0. The summed E-state index contributed by atoms with van der Waals surface area (Å²) in [6, 6.07) is 5.55. The zero-order valence-corrected chi connectivity index (χ0v) is 7.36. The number of fused-ring (bicyclic) bond motifs is 1. The number of hydrogen-bond acceptors (Lipinski definition) is 2. The standard InChI is InChI=1S/C9H9NO.ClH/c10-7-3-1-6-2-4-9(11)8(6)5-7;/h1,3,5H,2,4,10H2;1H. The van der Waals surface area contributed by atoms with E-state index in [2.05, 4.69) is 0 Å². The van der Waals surface area contributed by atoms with Crippen LogP contribution in [0.2, 0.25) is 0 Å². The first-order chi connectivity index (χ1) is 5.27. The van der Waals surface area contributed by atoms with Crippen molar-refractivity contribution in [1.82, 2.24) is 0 Å². The van der Waals surface area contributed by atoms with Crippen LogP contribution < -0.4 is 5.73 Å². The van der Waals surface area contributed by atoms with Crippen molar-refractivity contribution in [1.29, 1.82) is 0 Å². The predicted octanol–water partition coefficient (Wildman–Crippen LogP) is 1.82. The van der Waals surface area contributed by atoms with Gasteiger partial charge in [0.25, 0.3) is 0 Å². The highest BCUT2D eigenvalue weighted by Crippen LogP contribution is 2.23. The molecule has 0 spiro atoms. The average Bonchev–Trinajstić information content (AvgIpc) is 2.33. The summed E-state index contributed by atoms with van der Waals surface area (Å²) in [6.07, 6.45) is 1.53. The molecule has 1 aliphatic carbocycles. The second-order valence-corrected chi connectivity index (χ2v) is 2.84. The van der Waals surface area contributed by atoms with Crippen LogP contribution in [0.15, 0.2) is 18.2 Å². The van der Waals surface area contributed by atoms with E-state index in [1.54, 1.807) is 6.07 Å². The third-order valence-electron chi connectivity index (χ3n) is 2.06. The molecule has 0 unspecified atom stereocenters. The Kier molecular flexibility index (Phi) is 2.38. The third-order valence-corrected chi connectivity index (χ3v) is 2.06. The highest BCUT2D eigenvalue weighted by atomic mass is 35.5. The van der Waals surface area contributed by atoms with Crippen LogP contribution >= 0.6 is 12.4 Å². The molecular weight excluding hydrogens is 174 g/mol. The third kappa shape index (κ3) is 1.30. The van der Waals surface area contributed by atoms with Crippen LogP contribution in [0.25, 0.3) is 0 Å². The van der Waals surface area contributed by atoms with Crippen molar-refractivity contribution in [2.75, 3.05) is 5.73 Å². The number of halogens is 1. The Morgan fingerprint density at radius 1 is 1.25 bits per heavy atom. The van der Waals surface area contributed by atoms with Crippen molar-refractivity contribution >= 4 is 23.9 Å². The highest BCUT2D eigenvalue weighted by Gasteiger charge is 2.18. The van der Waals surface area contributed by atoms with E-state index in [9.17, 15) is 4.79 Å². The van der Waals surface area contributed by atoms with Crippen LogP contribution in [-0.2, 0) is 6.42 Å². The summed E-state index contributed by atoms with van der Waals surface area (Å²) in [6.45, 7) is 0. The van der Waals surface area contributed by atoms with Crippen molar-refractivity contribution in [2.45, 2.75) is 12.8 Å². The SMILES string of the molecule is Cl.Nc1ccc2c(c1)C(=O)CC2. The highest BCUT2D eigenvalue weighted by molar-refractivity contribution is 6.01. The minimum atomic E-state index is 0. The molecule has 0 aliphatic heterocycles. The van der Waals surface area contributed by atoms with Crippen LogP contribution in [0.5, 0.6) is 0 Å². The number of anilines is 1. The van der Waals surface area contributed by atoms with Gasteiger partial charge in [0.15, 0.2) is 5.78 Å². The number of aryl methyl sites for hydroxylation is 1. The lowest BCUT2D eigenvalue weighted by molar-refractivity contribution is 0.0994. The van der Waals surface area contributed by atoms with Crippen LogP contribution in [0.3, 0.4) is 0 Å². The molecule has 1 aliphatic rings. The number of ketones is 1. The molecule has 12 heavy (non-hydrogen) atoms. The van der Waals surface area contributed by atoms with E-state index in [1.165, 1.54) is 0 Å². The van der Waals surface area contributed by atoms with Gasteiger partial charge in [-0.25, -0.2) is 0 Å². The second-order valence-electron chi connectivity index (χ2n) is 2.84. The minimum absolute atomic E-state index is 0. The van der Waals surface area contributed by atoms with E-state index in [0.717, 1.165) is 17.5 Å². The van der Waals surface area contributed by atoms with Gasteiger partial charge in [0.1, 0.15) is 0 Å². The number of rotatable bonds is 0. The van der Waals surface area contributed by atoms with Crippen LogP contribution in [0.1, 0.15) is 22.3 Å². The van der Waals surface area contributed by atoms with Crippen molar-refractivity contribution in [3.05, 3.63) is 29.3 Å². The topological polar surface area (TPSA) is 43.1 Å². The lowest BCUT2D eigenvalue weighted by atomic mass is 10.1. The van der Waals surface area contributed by atoms with Gasteiger partial charge < -0.3 is 5.73 Å². The summed E-state index contributed by atoms with van der Waals surface area (Å²) in [4.78, 5) is 11.2. The second kappa shape index (κ2) is 3.15. The first-order valence-electron chi connectivity index (χ1n) is 3.69. The van der Waals surface area contributed by atoms with E-state index in [-0.39, 0.29) is 18.2 Å². The molecule has 0 heterocycles. The molecular formula is C9H10ClNO. The van der Waals surface area contributed by atoms with Crippen molar-refractivity contribution < 1.29 is 4.79 Å². The lowest BCUT2D eigenvalue weighted by Crippen LogP contribution is -1.93. The summed E-state index contributed by atoms with van der Waals surface area (Å²) < 4.78 is 0. The fourth-order valence-corrected chi connectivity index (χ4v) is 1.45. The maximum atomic E-state index is 11.2. The van der Waals surface area contributed by atoms with Crippen molar-refractivity contribution in [2.24, 2.45) is 0 Å². The Morgan fingerprint density at radius 3 is 2.75 bits per heavy atom. The smallest absolute Gasteiger partial charge is 0.163 e. The van der Waals surface area contributed by atoms with Crippen molar-refractivity contribution in [3.8, 4) is 0 Å². The van der Waals surface area contributed by atoms with Gasteiger partial charge in [0, 0.05) is 17.7 Å².